The Balaban J connectivity index is 2.95. The molecule has 0 saturated heterocycles. The Morgan fingerprint density at radius 2 is 2.06 bits per heavy atom. The largest absolute Gasteiger partial charge is 0.346 e. The molecular weight excluding hydrogens is 255 g/mol. The van der Waals surface area contributed by atoms with Gasteiger partial charge in [-0.15, -0.1) is 0 Å². The second-order valence-corrected chi connectivity index (χ2v) is 5.36. The summed E-state index contributed by atoms with van der Waals surface area (Å²) in [4.78, 5) is 12.0. The minimum absolute atomic E-state index is 0.156. The van der Waals surface area contributed by atoms with E-state index in [9.17, 15) is 9.18 Å². The van der Waals surface area contributed by atoms with Crippen molar-refractivity contribution in [2.45, 2.75) is 26.3 Å². The first-order valence-corrected chi connectivity index (χ1v) is 6.07. The number of rotatable bonds is 4. The Kier molecular flexibility index (Phi) is 4.71. The van der Waals surface area contributed by atoms with E-state index in [1.54, 1.807) is 14.0 Å². The average Bonchev–Trinajstić information content (AvgIpc) is 2.22. The highest BCUT2D eigenvalue weighted by Crippen LogP contribution is 2.21. The van der Waals surface area contributed by atoms with Crippen LogP contribution in [0.15, 0.2) is 12.1 Å². The monoisotopic (exact) mass is 272 g/mol. The van der Waals surface area contributed by atoms with Crippen molar-refractivity contribution in [1.82, 2.24) is 10.6 Å². The first-order chi connectivity index (χ1) is 8.26. The molecule has 3 nitrogen and oxygen atoms in total. The lowest BCUT2D eigenvalue weighted by Gasteiger charge is -2.26. The Hall–Kier alpha value is -1.13. The number of carbonyl (C=O) groups excluding carboxylic acids is 1. The predicted molar refractivity (Wildman–Crippen MR) is 71.6 cm³/mol. The maximum Gasteiger partial charge on any atom is 0.253 e. The molecule has 0 aliphatic carbocycles. The normalized spacial score (nSPS) is 11.4. The van der Waals surface area contributed by atoms with Crippen LogP contribution in [0.1, 0.15) is 29.8 Å². The average molecular weight is 273 g/mol. The molecule has 0 aromatic heterocycles. The highest BCUT2D eigenvalue weighted by atomic mass is 35.5. The third kappa shape index (κ3) is 3.68. The fourth-order valence-electron chi connectivity index (χ4n) is 1.68. The molecule has 0 atom stereocenters. The van der Waals surface area contributed by atoms with Crippen LogP contribution in [0.25, 0.3) is 0 Å². The number of halogens is 2. The molecule has 1 aromatic rings. The molecule has 0 saturated carbocycles. The lowest BCUT2D eigenvalue weighted by molar-refractivity contribution is 0.0913. The molecule has 100 valence electrons. The number of hydrogen-bond acceptors (Lipinski definition) is 2. The second-order valence-electron chi connectivity index (χ2n) is 4.95. The standard InChI is InChI=1S/C13H18ClFN2O/c1-8-5-10(14)9(6-11(8)15)12(18)17-13(2,3)7-16-4/h5-6,16H,7H2,1-4H3,(H,17,18). The van der Waals surface area contributed by atoms with Crippen LogP contribution in [0, 0.1) is 12.7 Å². The summed E-state index contributed by atoms with van der Waals surface area (Å²) in [6.07, 6.45) is 0. The molecule has 0 radical (unpaired) electrons. The van der Waals surface area contributed by atoms with Gasteiger partial charge in [-0.1, -0.05) is 11.6 Å². The van der Waals surface area contributed by atoms with E-state index in [-0.39, 0.29) is 16.5 Å². The topological polar surface area (TPSA) is 41.1 Å². The highest BCUT2D eigenvalue weighted by Gasteiger charge is 2.22. The van der Waals surface area contributed by atoms with Crippen molar-refractivity contribution in [3.05, 3.63) is 34.1 Å². The Labute approximate surface area is 112 Å². The number of benzene rings is 1. The number of aryl methyl sites for hydroxylation is 1. The molecule has 0 aliphatic heterocycles. The van der Waals surface area contributed by atoms with Crippen molar-refractivity contribution in [3.63, 3.8) is 0 Å². The van der Waals surface area contributed by atoms with Crippen LogP contribution in [-0.2, 0) is 0 Å². The van der Waals surface area contributed by atoms with Crippen LogP contribution in [0.2, 0.25) is 5.02 Å². The van der Waals surface area contributed by atoms with Gasteiger partial charge in [-0.05, 0) is 45.5 Å². The van der Waals surface area contributed by atoms with Gasteiger partial charge in [-0.2, -0.15) is 0 Å². The van der Waals surface area contributed by atoms with Gasteiger partial charge in [0.25, 0.3) is 5.91 Å². The summed E-state index contributed by atoms with van der Waals surface area (Å²) in [5.74, 6) is -0.810. The fourth-order valence-corrected chi connectivity index (χ4v) is 1.99. The highest BCUT2D eigenvalue weighted by molar-refractivity contribution is 6.33. The third-order valence-electron chi connectivity index (χ3n) is 2.56. The van der Waals surface area contributed by atoms with Crippen molar-refractivity contribution in [2.24, 2.45) is 0 Å². The quantitative estimate of drug-likeness (QED) is 0.884. The van der Waals surface area contributed by atoms with E-state index in [1.807, 2.05) is 13.8 Å². The zero-order chi connectivity index (χ0) is 13.9. The number of amides is 1. The van der Waals surface area contributed by atoms with Gasteiger partial charge in [0.15, 0.2) is 0 Å². The maximum atomic E-state index is 13.4. The SMILES string of the molecule is CNCC(C)(C)NC(=O)c1cc(F)c(C)cc1Cl. The number of hydrogen-bond donors (Lipinski definition) is 2. The summed E-state index contributed by atoms with van der Waals surface area (Å²) in [6, 6.07) is 2.62. The van der Waals surface area contributed by atoms with Gasteiger partial charge < -0.3 is 10.6 Å². The summed E-state index contributed by atoms with van der Waals surface area (Å²) in [6.45, 7) is 5.96. The Morgan fingerprint density at radius 1 is 1.44 bits per heavy atom. The molecule has 1 aromatic carbocycles. The summed E-state index contributed by atoms with van der Waals surface area (Å²) in [7, 11) is 1.80. The minimum Gasteiger partial charge on any atom is -0.346 e. The summed E-state index contributed by atoms with van der Waals surface area (Å²) >= 11 is 5.96. The molecule has 1 amide bonds. The summed E-state index contributed by atoms with van der Waals surface area (Å²) < 4.78 is 13.4. The van der Waals surface area contributed by atoms with Crippen LogP contribution in [-0.4, -0.2) is 25.0 Å². The van der Waals surface area contributed by atoms with Crippen molar-refractivity contribution >= 4 is 17.5 Å². The van der Waals surface area contributed by atoms with Crippen molar-refractivity contribution < 1.29 is 9.18 Å². The van der Waals surface area contributed by atoms with Gasteiger partial charge in [0, 0.05) is 12.1 Å². The first kappa shape index (κ1) is 14.9. The smallest absolute Gasteiger partial charge is 0.253 e. The molecule has 5 heteroatoms. The van der Waals surface area contributed by atoms with Crippen LogP contribution in [0.3, 0.4) is 0 Å². The molecule has 18 heavy (non-hydrogen) atoms. The molecule has 0 bridgehead atoms. The van der Waals surface area contributed by atoms with Crippen molar-refractivity contribution in [2.75, 3.05) is 13.6 Å². The van der Waals surface area contributed by atoms with E-state index in [2.05, 4.69) is 10.6 Å². The first-order valence-electron chi connectivity index (χ1n) is 5.69. The van der Waals surface area contributed by atoms with Gasteiger partial charge in [0.05, 0.1) is 10.6 Å². The molecule has 2 N–H and O–H groups in total. The van der Waals surface area contributed by atoms with Gasteiger partial charge in [-0.25, -0.2) is 4.39 Å². The van der Waals surface area contributed by atoms with Gasteiger partial charge in [-0.3, -0.25) is 4.79 Å². The Bertz CT molecular complexity index is 461. The molecular formula is C13H18ClFN2O. The number of carbonyl (C=O) groups is 1. The van der Waals surface area contributed by atoms with Gasteiger partial charge >= 0.3 is 0 Å². The van der Waals surface area contributed by atoms with E-state index in [4.69, 9.17) is 11.6 Å². The fraction of sp³-hybridized carbons (Fsp3) is 0.462. The molecule has 0 fully saturated rings. The number of nitrogens with one attached hydrogen (secondary N) is 2. The van der Waals surface area contributed by atoms with Crippen LogP contribution in [0.4, 0.5) is 4.39 Å². The summed E-state index contributed by atoms with van der Waals surface area (Å²) in [5.41, 5.74) is 0.145. The van der Waals surface area contributed by atoms with Crippen LogP contribution >= 0.6 is 11.6 Å². The predicted octanol–water partition coefficient (Wildman–Crippen LogP) is 2.52. The third-order valence-corrected chi connectivity index (χ3v) is 2.88. The zero-order valence-electron chi connectivity index (χ0n) is 11.0. The number of likely N-dealkylation sites (N-methyl/N-ethyl adjacent to an activating group) is 1. The Morgan fingerprint density at radius 3 is 2.61 bits per heavy atom. The molecule has 1 rings (SSSR count). The maximum absolute atomic E-state index is 13.4. The lowest BCUT2D eigenvalue weighted by Crippen LogP contribution is -2.49. The van der Waals surface area contributed by atoms with Crippen LogP contribution in [0.5, 0.6) is 0 Å². The van der Waals surface area contributed by atoms with E-state index in [1.165, 1.54) is 12.1 Å². The van der Waals surface area contributed by atoms with E-state index in [0.717, 1.165) is 0 Å². The summed E-state index contributed by atoms with van der Waals surface area (Å²) in [5, 5.41) is 6.04. The van der Waals surface area contributed by atoms with Crippen molar-refractivity contribution in [1.29, 1.82) is 0 Å². The van der Waals surface area contributed by atoms with E-state index < -0.39 is 11.4 Å². The molecule has 0 spiro atoms. The molecule has 0 unspecified atom stereocenters. The lowest BCUT2D eigenvalue weighted by atomic mass is 10.0. The molecule has 0 heterocycles. The van der Waals surface area contributed by atoms with Crippen molar-refractivity contribution in [3.8, 4) is 0 Å². The van der Waals surface area contributed by atoms with Gasteiger partial charge in [0.1, 0.15) is 5.82 Å². The van der Waals surface area contributed by atoms with Gasteiger partial charge in [0.2, 0.25) is 0 Å². The minimum atomic E-state index is -0.434. The second kappa shape index (κ2) is 5.67. The van der Waals surface area contributed by atoms with Crippen LogP contribution < -0.4 is 10.6 Å². The van der Waals surface area contributed by atoms with E-state index >= 15 is 0 Å². The zero-order valence-corrected chi connectivity index (χ0v) is 11.8. The molecule has 0 aliphatic rings. The van der Waals surface area contributed by atoms with E-state index in [0.29, 0.717) is 12.1 Å².